The summed E-state index contributed by atoms with van der Waals surface area (Å²) in [5.41, 5.74) is 0. The van der Waals surface area contributed by atoms with Crippen molar-refractivity contribution < 1.29 is 0 Å². The molecule has 0 fully saturated rings. The predicted molar refractivity (Wildman–Crippen MR) is 73.4 cm³/mol. The van der Waals surface area contributed by atoms with Gasteiger partial charge in [0.25, 0.3) is 0 Å². The molecule has 2 unspecified atom stereocenters. The van der Waals surface area contributed by atoms with Gasteiger partial charge < -0.3 is 0 Å². The topological polar surface area (TPSA) is 0 Å². The van der Waals surface area contributed by atoms with Crippen LogP contribution in [0.15, 0.2) is 0 Å². The first-order chi connectivity index (χ1) is 6.66. The molecule has 0 aliphatic rings. The van der Waals surface area contributed by atoms with Gasteiger partial charge in [0.05, 0.1) is 0 Å². The first-order valence-electron chi connectivity index (χ1n) is 5.76. The van der Waals surface area contributed by atoms with Crippen LogP contribution in [-0.4, -0.2) is 9.65 Å². The van der Waals surface area contributed by atoms with Gasteiger partial charge in [-0.2, -0.15) is 0 Å². The van der Waals surface area contributed by atoms with E-state index in [1.807, 2.05) is 0 Å². The van der Waals surface area contributed by atoms with Crippen molar-refractivity contribution in [1.82, 2.24) is 0 Å². The maximum Gasteiger partial charge on any atom is 0.0148 e. The van der Waals surface area contributed by atoms with Crippen molar-refractivity contribution in [2.75, 3.05) is 0 Å². The number of alkyl halides is 2. The highest BCUT2D eigenvalue weighted by Gasteiger charge is 2.04. The lowest BCUT2D eigenvalue weighted by atomic mass is 10.1. The number of halogens is 2. The molecule has 2 atom stereocenters. The zero-order valence-corrected chi connectivity index (χ0v) is 12.6. The van der Waals surface area contributed by atoms with Gasteiger partial charge in [0, 0.05) is 9.65 Å². The van der Waals surface area contributed by atoms with E-state index in [1.165, 1.54) is 44.9 Å². The minimum atomic E-state index is 0.627. The minimum Gasteiger partial charge on any atom is -0.0894 e. The summed E-state index contributed by atoms with van der Waals surface area (Å²) in [6.45, 7) is 4.46. The first-order valence-corrected chi connectivity index (χ1v) is 7.59. The van der Waals surface area contributed by atoms with Crippen molar-refractivity contribution in [3.63, 3.8) is 0 Å². The van der Waals surface area contributed by atoms with E-state index in [2.05, 4.69) is 52.1 Å². The van der Waals surface area contributed by atoms with Gasteiger partial charge in [-0.15, -0.1) is 0 Å². The lowest BCUT2D eigenvalue weighted by molar-refractivity contribution is 0.613. The van der Waals surface area contributed by atoms with Crippen molar-refractivity contribution in [3.8, 4) is 0 Å². The van der Waals surface area contributed by atoms with Crippen LogP contribution in [0.3, 0.4) is 0 Å². The molecule has 0 aliphatic carbocycles. The Balaban J connectivity index is 3.15. The van der Waals surface area contributed by atoms with Gasteiger partial charge in [-0.1, -0.05) is 71.4 Å². The quantitative estimate of drug-likeness (QED) is 0.388. The zero-order valence-electron chi connectivity index (χ0n) is 9.44. The Kier molecular flexibility index (Phi) is 11.2. The van der Waals surface area contributed by atoms with Gasteiger partial charge in [0.1, 0.15) is 0 Å². The fraction of sp³-hybridized carbons (Fsp3) is 0.917. The Morgan fingerprint density at radius 3 is 2.36 bits per heavy atom. The first kappa shape index (κ1) is 15.0. The monoisotopic (exact) mass is 325 g/mol. The molecule has 2 heteroatoms. The molecular weight excluding hydrogens is 304 g/mol. The third kappa shape index (κ3) is 11.0. The highest BCUT2D eigenvalue weighted by molar-refractivity contribution is 9.09. The van der Waals surface area contributed by atoms with Crippen LogP contribution >= 0.6 is 31.9 Å². The van der Waals surface area contributed by atoms with Crippen molar-refractivity contribution in [1.29, 1.82) is 0 Å². The molecule has 0 aromatic heterocycles. The van der Waals surface area contributed by atoms with Crippen molar-refractivity contribution >= 4 is 31.9 Å². The molecule has 0 saturated heterocycles. The second kappa shape index (κ2) is 10.5. The average molecular weight is 327 g/mol. The number of hydrogen-bond acceptors (Lipinski definition) is 0. The molecule has 0 bridgehead atoms. The predicted octanol–water partition coefficient (Wildman–Crippen LogP) is 5.49. The van der Waals surface area contributed by atoms with Crippen LogP contribution in [0.1, 0.15) is 58.8 Å². The van der Waals surface area contributed by atoms with Gasteiger partial charge in [-0.3, -0.25) is 0 Å². The molecule has 0 rings (SSSR count). The van der Waals surface area contributed by atoms with Gasteiger partial charge in [0.15, 0.2) is 0 Å². The second-order valence-electron chi connectivity index (χ2n) is 3.99. The Morgan fingerprint density at radius 1 is 1.07 bits per heavy atom. The van der Waals surface area contributed by atoms with E-state index in [-0.39, 0.29) is 0 Å². The lowest BCUT2D eigenvalue weighted by Crippen LogP contribution is -2.00. The maximum atomic E-state index is 3.73. The fourth-order valence-electron chi connectivity index (χ4n) is 1.42. The molecule has 0 saturated carbocycles. The summed E-state index contributed by atoms with van der Waals surface area (Å²) in [6.07, 6.45) is 11.6. The van der Waals surface area contributed by atoms with Crippen LogP contribution in [-0.2, 0) is 0 Å². The van der Waals surface area contributed by atoms with Gasteiger partial charge in [-0.25, -0.2) is 0 Å². The van der Waals surface area contributed by atoms with E-state index in [1.54, 1.807) is 0 Å². The highest BCUT2D eigenvalue weighted by atomic mass is 79.9. The summed E-state index contributed by atoms with van der Waals surface area (Å²) in [4.78, 5) is 1.33. The second-order valence-corrected chi connectivity index (χ2v) is 6.85. The summed E-state index contributed by atoms with van der Waals surface area (Å²) in [5, 5.41) is 0. The Morgan fingerprint density at radius 2 is 1.79 bits per heavy atom. The molecule has 14 heavy (non-hydrogen) atoms. The molecule has 0 aliphatic heterocycles. The van der Waals surface area contributed by atoms with Crippen LogP contribution in [0, 0.1) is 6.42 Å². The van der Waals surface area contributed by atoms with E-state index in [0.717, 1.165) is 0 Å². The average Bonchev–Trinajstić information content (AvgIpc) is 2.12. The summed E-state index contributed by atoms with van der Waals surface area (Å²) >= 11 is 7.28. The molecule has 0 aromatic rings. The fourth-order valence-corrected chi connectivity index (χ4v) is 2.27. The Labute approximate surface area is 106 Å². The van der Waals surface area contributed by atoms with Crippen molar-refractivity contribution in [2.45, 2.75) is 68.4 Å². The molecule has 85 valence electrons. The van der Waals surface area contributed by atoms with Crippen LogP contribution in [0.25, 0.3) is 0 Å². The van der Waals surface area contributed by atoms with Gasteiger partial charge in [0.2, 0.25) is 0 Å². The highest BCUT2D eigenvalue weighted by Crippen LogP contribution is 2.18. The van der Waals surface area contributed by atoms with Gasteiger partial charge in [-0.05, 0) is 25.7 Å². The molecule has 0 nitrogen and oxygen atoms in total. The van der Waals surface area contributed by atoms with Crippen LogP contribution in [0.5, 0.6) is 0 Å². The molecule has 0 aromatic carbocycles. The molecule has 0 spiro atoms. The third-order valence-corrected chi connectivity index (χ3v) is 3.49. The van der Waals surface area contributed by atoms with Crippen molar-refractivity contribution in [3.05, 3.63) is 6.42 Å². The lowest BCUT2D eigenvalue weighted by Gasteiger charge is -2.09. The zero-order chi connectivity index (χ0) is 10.8. The molecule has 0 amide bonds. The van der Waals surface area contributed by atoms with E-state index >= 15 is 0 Å². The standard InChI is InChI=1S/C12H23Br2/c1-3-4-5-6-9-12(14)10-7-8-11(2)13/h7,11-12H,3-6,8-10H2,1-2H3. The summed E-state index contributed by atoms with van der Waals surface area (Å²) in [5.74, 6) is 0. The van der Waals surface area contributed by atoms with E-state index in [4.69, 9.17) is 0 Å². The summed E-state index contributed by atoms with van der Waals surface area (Å²) < 4.78 is 0. The maximum absolute atomic E-state index is 3.73. The van der Waals surface area contributed by atoms with Crippen molar-refractivity contribution in [2.24, 2.45) is 0 Å². The van der Waals surface area contributed by atoms with Crippen LogP contribution in [0.4, 0.5) is 0 Å². The van der Waals surface area contributed by atoms with E-state index < -0.39 is 0 Å². The molecule has 0 N–H and O–H groups in total. The summed E-state index contributed by atoms with van der Waals surface area (Å²) in [7, 11) is 0. The summed E-state index contributed by atoms with van der Waals surface area (Å²) in [6, 6.07) is 0. The number of hydrogen-bond donors (Lipinski definition) is 0. The van der Waals surface area contributed by atoms with Gasteiger partial charge >= 0.3 is 0 Å². The number of unbranched alkanes of at least 4 members (excludes halogenated alkanes) is 3. The largest absolute Gasteiger partial charge is 0.0894 e. The molecular formula is C12H23Br2. The van der Waals surface area contributed by atoms with E-state index in [0.29, 0.717) is 9.65 Å². The molecule has 0 heterocycles. The smallest absolute Gasteiger partial charge is 0.0148 e. The third-order valence-electron chi connectivity index (χ3n) is 2.28. The Bertz CT molecular complexity index is 113. The Hall–Kier alpha value is 0.960. The van der Waals surface area contributed by atoms with Crippen LogP contribution in [0.2, 0.25) is 0 Å². The SMILES string of the molecule is CCCCCCC(Br)C[CH]CC(C)Br. The molecule has 1 radical (unpaired) electrons. The van der Waals surface area contributed by atoms with E-state index in [9.17, 15) is 0 Å². The normalized spacial score (nSPS) is 15.4. The van der Waals surface area contributed by atoms with Crippen LogP contribution < -0.4 is 0 Å². The minimum absolute atomic E-state index is 0.627. The number of rotatable bonds is 9.